The molecule has 0 atom stereocenters. The molecule has 138 valence electrons. The van der Waals surface area contributed by atoms with Gasteiger partial charge in [0.15, 0.2) is 5.69 Å². The van der Waals surface area contributed by atoms with E-state index in [0.717, 1.165) is 43.9 Å². The summed E-state index contributed by atoms with van der Waals surface area (Å²) in [6.07, 6.45) is 1.12. The van der Waals surface area contributed by atoms with Crippen molar-refractivity contribution < 1.29 is 0 Å². The molecule has 0 N–H and O–H groups in total. The molecule has 0 aliphatic rings. The number of nitrogens with zero attached hydrogens (tertiary/aromatic N) is 3. The Balaban J connectivity index is 2.15. The van der Waals surface area contributed by atoms with Crippen molar-refractivity contribution in [3.8, 4) is 0 Å². The van der Waals surface area contributed by atoms with E-state index >= 15 is 0 Å². The van der Waals surface area contributed by atoms with Crippen molar-refractivity contribution in [3.05, 3.63) is 76.6 Å². The van der Waals surface area contributed by atoms with Gasteiger partial charge in [0.05, 0.1) is 6.57 Å². The third kappa shape index (κ3) is 6.63. The molecular weight excluding hydrogens is 318 g/mol. The first kappa shape index (κ1) is 20.2. The number of hydrogen-bond acceptors (Lipinski definition) is 2. The summed E-state index contributed by atoms with van der Waals surface area (Å²) in [5.41, 5.74) is 4.63. The maximum atomic E-state index is 7.41. The molecule has 0 aliphatic carbocycles. The van der Waals surface area contributed by atoms with Crippen LogP contribution in [0.25, 0.3) is 4.85 Å². The van der Waals surface area contributed by atoms with Gasteiger partial charge in [-0.15, -0.1) is 0 Å². The molecule has 2 aromatic rings. The minimum atomic E-state index is 0.667. The van der Waals surface area contributed by atoms with Crippen LogP contribution in [-0.4, -0.2) is 37.0 Å². The fourth-order valence-corrected chi connectivity index (χ4v) is 3.13. The highest BCUT2D eigenvalue weighted by atomic mass is 15.2. The summed E-state index contributed by atoms with van der Waals surface area (Å²) in [5.74, 6) is 0.667. The molecule has 0 bridgehead atoms. The standard InChI is InChI=1S/C23H31N3/c1-19(2)15-20-9-8-10-21(16-20)17-26(14-13-25(4)5)18-22-11-6-7-12-23(22)24-3/h6-12,16,19H,13-15,17-18H2,1-2,4-5H3. The summed E-state index contributed by atoms with van der Waals surface area (Å²) in [7, 11) is 4.21. The van der Waals surface area contributed by atoms with E-state index in [-0.39, 0.29) is 0 Å². The zero-order chi connectivity index (χ0) is 18.9. The van der Waals surface area contributed by atoms with Crippen molar-refractivity contribution in [2.75, 3.05) is 27.2 Å². The van der Waals surface area contributed by atoms with Crippen molar-refractivity contribution in [1.82, 2.24) is 9.80 Å². The van der Waals surface area contributed by atoms with E-state index < -0.39 is 0 Å². The second kappa shape index (κ2) is 10.1. The first-order chi connectivity index (χ1) is 12.5. The first-order valence-electron chi connectivity index (χ1n) is 9.38. The minimum Gasteiger partial charge on any atom is -0.308 e. The summed E-state index contributed by atoms with van der Waals surface area (Å²) >= 11 is 0. The average molecular weight is 350 g/mol. The van der Waals surface area contributed by atoms with Crippen molar-refractivity contribution in [2.45, 2.75) is 33.4 Å². The molecule has 0 fully saturated rings. The van der Waals surface area contributed by atoms with E-state index in [0.29, 0.717) is 5.92 Å². The Morgan fingerprint density at radius 1 is 0.923 bits per heavy atom. The summed E-state index contributed by atoms with van der Waals surface area (Å²) in [6.45, 7) is 15.6. The summed E-state index contributed by atoms with van der Waals surface area (Å²) in [6, 6.07) is 16.9. The lowest BCUT2D eigenvalue weighted by Gasteiger charge is -2.25. The largest absolute Gasteiger partial charge is 0.308 e. The van der Waals surface area contributed by atoms with Crippen LogP contribution in [0, 0.1) is 12.5 Å². The molecule has 0 radical (unpaired) electrons. The maximum Gasteiger partial charge on any atom is 0.191 e. The van der Waals surface area contributed by atoms with E-state index in [1.165, 1.54) is 11.1 Å². The topological polar surface area (TPSA) is 10.8 Å². The third-order valence-corrected chi connectivity index (χ3v) is 4.41. The Hall–Kier alpha value is -2.15. The molecule has 0 amide bonds. The van der Waals surface area contributed by atoms with Crippen LogP contribution in [0.2, 0.25) is 0 Å². The van der Waals surface area contributed by atoms with Gasteiger partial charge in [0.25, 0.3) is 0 Å². The molecule has 26 heavy (non-hydrogen) atoms. The Morgan fingerprint density at radius 2 is 1.65 bits per heavy atom. The molecule has 0 heterocycles. The Kier molecular flexibility index (Phi) is 7.84. The molecule has 2 rings (SSSR count). The van der Waals surface area contributed by atoms with Crippen LogP contribution in [-0.2, 0) is 19.5 Å². The fraction of sp³-hybridized carbons (Fsp3) is 0.435. The van der Waals surface area contributed by atoms with Crippen molar-refractivity contribution >= 4 is 5.69 Å². The van der Waals surface area contributed by atoms with E-state index in [1.54, 1.807) is 0 Å². The number of benzene rings is 2. The summed E-state index contributed by atoms with van der Waals surface area (Å²) in [5, 5.41) is 0. The highest BCUT2D eigenvalue weighted by Crippen LogP contribution is 2.21. The molecule has 2 aromatic carbocycles. The Labute approximate surface area is 159 Å². The number of rotatable bonds is 9. The van der Waals surface area contributed by atoms with Gasteiger partial charge in [-0.1, -0.05) is 62.4 Å². The monoisotopic (exact) mass is 349 g/mol. The lowest BCUT2D eigenvalue weighted by molar-refractivity contribution is 0.226. The van der Waals surface area contributed by atoms with Crippen LogP contribution < -0.4 is 0 Å². The Bertz CT molecular complexity index is 728. The first-order valence-corrected chi connectivity index (χ1v) is 9.38. The van der Waals surface area contributed by atoms with Crippen molar-refractivity contribution in [1.29, 1.82) is 0 Å². The van der Waals surface area contributed by atoms with Crippen molar-refractivity contribution in [2.24, 2.45) is 5.92 Å². The van der Waals surface area contributed by atoms with Gasteiger partial charge in [-0.05, 0) is 43.1 Å². The van der Waals surface area contributed by atoms with Crippen LogP contribution >= 0.6 is 0 Å². The van der Waals surface area contributed by atoms with E-state index in [2.05, 4.69) is 72.9 Å². The quantitative estimate of drug-likeness (QED) is 0.590. The van der Waals surface area contributed by atoms with Gasteiger partial charge in [-0.25, -0.2) is 4.85 Å². The van der Waals surface area contributed by atoms with Crippen LogP contribution in [0.4, 0.5) is 5.69 Å². The number of para-hydroxylation sites is 1. The average Bonchev–Trinajstić information content (AvgIpc) is 2.60. The zero-order valence-corrected chi connectivity index (χ0v) is 16.6. The molecule has 0 saturated heterocycles. The SMILES string of the molecule is [C-]#[N+]c1ccccc1CN(CCN(C)C)Cc1cccc(CC(C)C)c1. The molecule has 0 aromatic heterocycles. The molecule has 3 heteroatoms. The molecule has 0 spiro atoms. The second-order valence-electron chi connectivity index (χ2n) is 7.67. The summed E-state index contributed by atoms with van der Waals surface area (Å²) in [4.78, 5) is 8.34. The summed E-state index contributed by atoms with van der Waals surface area (Å²) < 4.78 is 0. The van der Waals surface area contributed by atoms with E-state index in [1.807, 2.05) is 18.2 Å². The van der Waals surface area contributed by atoms with Gasteiger partial charge in [0.2, 0.25) is 0 Å². The van der Waals surface area contributed by atoms with Crippen molar-refractivity contribution in [3.63, 3.8) is 0 Å². The molecule has 3 nitrogen and oxygen atoms in total. The zero-order valence-electron chi connectivity index (χ0n) is 16.6. The van der Waals surface area contributed by atoms with Gasteiger partial charge in [-0.2, -0.15) is 0 Å². The number of likely N-dealkylation sites (N-methyl/N-ethyl adjacent to an activating group) is 1. The lowest BCUT2D eigenvalue weighted by atomic mass is 10.0. The van der Waals surface area contributed by atoms with E-state index in [9.17, 15) is 0 Å². The van der Waals surface area contributed by atoms with Gasteiger partial charge >= 0.3 is 0 Å². The Morgan fingerprint density at radius 3 is 2.35 bits per heavy atom. The maximum absolute atomic E-state index is 7.41. The molecule has 0 saturated carbocycles. The third-order valence-electron chi connectivity index (χ3n) is 4.41. The highest BCUT2D eigenvalue weighted by molar-refractivity contribution is 5.51. The van der Waals surface area contributed by atoms with Gasteiger partial charge < -0.3 is 4.90 Å². The molecule has 0 unspecified atom stereocenters. The van der Waals surface area contributed by atoms with Crippen LogP contribution in [0.1, 0.15) is 30.5 Å². The van der Waals surface area contributed by atoms with Crippen LogP contribution in [0.5, 0.6) is 0 Å². The lowest BCUT2D eigenvalue weighted by Crippen LogP contribution is -2.31. The predicted molar refractivity (Wildman–Crippen MR) is 110 cm³/mol. The van der Waals surface area contributed by atoms with Gasteiger partial charge in [-0.3, -0.25) is 4.90 Å². The molecule has 0 aliphatic heterocycles. The fourth-order valence-electron chi connectivity index (χ4n) is 3.13. The smallest absolute Gasteiger partial charge is 0.191 e. The normalized spacial score (nSPS) is 11.3. The number of hydrogen-bond donors (Lipinski definition) is 0. The second-order valence-corrected chi connectivity index (χ2v) is 7.67. The highest BCUT2D eigenvalue weighted by Gasteiger charge is 2.11. The molecular formula is C23H31N3. The van der Waals surface area contributed by atoms with Gasteiger partial charge in [0, 0.05) is 26.2 Å². The minimum absolute atomic E-state index is 0.667. The van der Waals surface area contributed by atoms with E-state index in [4.69, 9.17) is 6.57 Å². The van der Waals surface area contributed by atoms with Crippen LogP contribution in [0.15, 0.2) is 48.5 Å². The predicted octanol–water partition coefficient (Wildman–Crippen LogP) is 5.00. The van der Waals surface area contributed by atoms with Crippen LogP contribution in [0.3, 0.4) is 0 Å². The van der Waals surface area contributed by atoms with Gasteiger partial charge in [0.1, 0.15) is 0 Å².